The van der Waals surface area contributed by atoms with Gasteiger partial charge in [0.15, 0.2) is 0 Å². The van der Waals surface area contributed by atoms with Gasteiger partial charge in [0.25, 0.3) is 0 Å². The normalized spacial score (nSPS) is 15.3. The van der Waals surface area contributed by atoms with Crippen LogP contribution in [0.5, 0.6) is 5.75 Å². The Balaban J connectivity index is 1.57. The molecule has 2 aromatic rings. The van der Waals surface area contributed by atoms with E-state index >= 15 is 0 Å². The Kier molecular flexibility index (Phi) is 4.90. The van der Waals surface area contributed by atoms with Crippen molar-refractivity contribution in [2.45, 2.75) is 38.6 Å². The molecule has 1 saturated carbocycles. The highest BCUT2D eigenvalue weighted by Gasteiger charge is 2.21. The average molecular weight is 315 g/mol. The summed E-state index contributed by atoms with van der Waals surface area (Å²) in [7, 11) is 1.62. The number of rotatable bonds is 5. The molecular weight excluding hydrogens is 294 g/mol. The molecule has 1 aliphatic carbocycles. The molecular formula is C17H21N3O3. The van der Waals surface area contributed by atoms with E-state index in [0.29, 0.717) is 11.8 Å². The van der Waals surface area contributed by atoms with E-state index in [4.69, 9.17) is 9.15 Å². The van der Waals surface area contributed by atoms with E-state index in [9.17, 15) is 4.79 Å². The van der Waals surface area contributed by atoms with E-state index < -0.39 is 0 Å². The van der Waals surface area contributed by atoms with Crippen LogP contribution >= 0.6 is 0 Å². The fourth-order valence-electron chi connectivity index (χ4n) is 2.85. The van der Waals surface area contributed by atoms with Gasteiger partial charge in [0.2, 0.25) is 17.7 Å². The highest BCUT2D eigenvalue weighted by Crippen LogP contribution is 2.24. The molecule has 122 valence electrons. The number of benzene rings is 1. The largest absolute Gasteiger partial charge is 0.497 e. The summed E-state index contributed by atoms with van der Waals surface area (Å²) in [5.74, 6) is 1.85. The average Bonchev–Trinajstić information content (AvgIpc) is 3.09. The molecule has 0 aliphatic heterocycles. The minimum atomic E-state index is 0.0916. The van der Waals surface area contributed by atoms with Crippen molar-refractivity contribution in [3.8, 4) is 17.2 Å². The summed E-state index contributed by atoms with van der Waals surface area (Å²) in [6, 6.07) is 7.39. The number of amides is 1. The standard InChI is InChI=1S/C17H21N3O3/c1-22-14-9-7-13(8-10-14)17-20-19-15(23-17)11-18-16(21)12-5-3-2-4-6-12/h7-10,12H,2-6,11H2,1H3,(H,18,21). The molecule has 0 bridgehead atoms. The minimum Gasteiger partial charge on any atom is -0.497 e. The van der Waals surface area contributed by atoms with Crippen molar-refractivity contribution in [1.82, 2.24) is 15.5 Å². The minimum absolute atomic E-state index is 0.0916. The third-order valence-corrected chi connectivity index (χ3v) is 4.19. The molecule has 0 unspecified atom stereocenters. The van der Waals surface area contributed by atoms with Gasteiger partial charge < -0.3 is 14.5 Å². The van der Waals surface area contributed by atoms with Crippen molar-refractivity contribution in [3.05, 3.63) is 30.2 Å². The quantitative estimate of drug-likeness (QED) is 0.918. The number of ether oxygens (including phenoxy) is 1. The van der Waals surface area contributed by atoms with Crippen LogP contribution < -0.4 is 10.1 Å². The Morgan fingerprint density at radius 3 is 2.65 bits per heavy atom. The molecule has 6 nitrogen and oxygen atoms in total. The first-order valence-corrected chi connectivity index (χ1v) is 8.01. The Morgan fingerprint density at radius 1 is 1.22 bits per heavy atom. The summed E-state index contributed by atoms with van der Waals surface area (Å²) in [4.78, 5) is 12.1. The van der Waals surface area contributed by atoms with Crippen LogP contribution in [-0.4, -0.2) is 23.2 Å². The fraction of sp³-hybridized carbons (Fsp3) is 0.471. The molecule has 1 aromatic carbocycles. The Bertz CT molecular complexity index is 645. The monoisotopic (exact) mass is 315 g/mol. The second-order valence-corrected chi connectivity index (χ2v) is 5.78. The lowest BCUT2D eigenvalue weighted by Crippen LogP contribution is -2.31. The highest BCUT2D eigenvalue weighted by atomic mass is 16.5. The van der Waals surface area contributed by atoms with E-state index in [2.05, 4.69) is 15.5 Å². The van der Waals surface area contributed by atoms with Crippen LogP contribution in [0.1, 0.15) is 38.0 Å². The molecule has 1 aliphatic rings. The van der Waals surface area contributed by atoms with Crippen molar-refractivity contribution >= 4 is 5.91 Å². The van der Waals surface area contributed by atoms with E-state index in [1.54, 1.807) is 7.11 Å². The van der Waals surface area contributed by atoms with Gasteiger partial charge in [-0.05, 0) is 37.1 Å². The Morgan fingerprint density at radius 2 is 1.96 bits per heavy atom. The third-order valence-electron chi connectivity index (χ3n) is 4.19. The SMILES string of the molecule is COc1ccc(-c2nnc(CNC(=O)C3CCCCC3)o2)cc1. The van der Waals surface area contributed by atoms with E-state index in [0.717, 1.165) is 37.0 Å². The van der Waals surface area contributed by atoms with Crippen LogP contribution in [0, 0.1) is 5.92 Å². The van der Waals surface area contributed by atoms with Crippen LogP contribution in [0.4, 0.5) is 0 Å². The summed E-state index contributed by atoms with van der Waals surface area (Å²) in [6.07, 6.45) is 5.47. The first kappa shape index (κ1) is 15.5. The number of hydrogen-bond donors (Lipinski definition) is 1. The van der Waals surface area contributed by atoms with Crippen LogP contribution in [0.3, 0.4) is 0 Å². The molecule has 0 radical (unpaired) electrons. The van der Waals surface area contributed by atoms with Gasteiger partial charge >= 0.3 is 0 Å². The zero-order valence-electron chi connectivity index (χ0n) is 13.2. The predicted octanol–water partition coefficient (Wildman–Crippen LogP) is 2.94. The number of nitrogens with one attached hydrogen (secondary N) is 1. The number of aromatic nitrogens is 2. The zero-order chi connectivity index (χ0) is 16.1. The molecule has 23 heavy (non-hydrogen) atoms. The molecule has 0 atom stereocenters. The Hall–Kier alpha value is -2.37. The number of carbonyl (C=O) groups is 1. The van der Waals surface area contributed by atoms with E-state index in [1.807, 2.05) is 24.3 Å². The topological polar surface area (TPSA) is 77.3 Å². The van der Waals surface area contributed by atoms with Crippen molar-refractivity contribution < 1.29 is 13.9 Å². The third kappa shape index (κ3) is 3.88. The van der Waals surface area contributed by atoms with Gasteiger partial charge in [-0.1, -0.05) is 19.3 Å². The van der Waals surface area contributed by atoms with Crippen LogP contribution in [0.2, 0.25) is 0 Å². The maximum atomic E-state index is 12.1. The lowest BCUT2D eigenvalue weighted by molar-refractivity contribution is -0.126. The maximum absolute atomic E-state index is 12.1. The van der Waals surface area contributed by atoms with Crippen molar-refractivity contribution in [2.24, 2.45) is 5.92 Å². The smallest absolute Gasteiger partial charge is 0.247 e. The highest BCUT2D eigenvalue weighted by molar-refractivity contribution is 5.78. The Labute approximate surface area is 135 Å². The van der Waals surface area contributed by atoms with Crippen molar-refractivity contribution in [3.63, 3.8) is 0 Å². The lowest BCUT2D eigenvalue weighted by Gasteiger charge is -2.20. The fourth-order valence-corrected chi connectivity index (χ4v) is 2.85. The van der Waals surface area contributed by atoms with Gasteiger partial charge in [-0.15, -0.1) is 10.2 Å². The van der Waals surface area contributed by atoms with Crippen molar-refractivity contribution in [1.29, 1.82) is 0 Å². The summed E-state index contributed by atoms with van der Waals surface area (Å²) >= 11 is 0. The number of hydrogen-bond acceptors (Lipinski definition) is 5. The molecule has 1 amide bonds. The van der Waals surface area contributed by atoms with Gasteiger partial charge in [0, 0.05) is 11.5 Å². The molecule has 1 fully saturated rings. The second kappa shape index (κ2) is 7.26. The molecule has 1 heterocycles. The first-order chi connectivity index (χ1) is 11.3. The summed E-state index contributed by atoms with van der Waals surface area (Å²) in [5, 5.41) is 10.9. The summed E-state index contributed by atoms with van der Waals surface area (Å²) in [5.41, 5.74) is 0.822. The zero-order valence-corrected chi connectivity index (χ0v) is 13.2. The van der Waals surface area contributed by atoms with Gasteiger partial charge in [0.1, 0.15) is 5.75 Å². The van der Waals surface area contributed by atoms with E-state index in [1.165, 1.54) is 6.42 Å². The van der Waals surface area contributed by atoms with E-state index in [-0.39, 0.29) is 18.4 Å². The van der Waals surface area contributed by atoms with Gasteiger partial charge in [-0.3, -0.25) is 4.79 Å². The summed E-state index contributed by atoms with van der Waals surface area (Å²) < 4.78 is 10.7. The second-order valence-electron chi connectivity index (χ2n) is 5.78. The molecule has 1 N–H and O–H groups in total. The molecule has 6 heteroatoms. The molecule has 3 rings (SSSR count). The first-order valence-electron chi connectivity index (χ1n) is 8.01. The van der Waals surface area contributed by atoms with Crippen LogP contribution in [0.15, 0.2) is 28.7 Å². The van der Waals surface area contributed by atoms with Gasteiger partial charge in [0.05, 0.1) is 13.7 Å². The van der Waals surface area contributed by atoms with Crippen molar-refractivity contribution in [2.75, 3.05) is 7.11 Å². The number of methoxy groups -OCH3 is 1. The van der Waals surface area contributed by atoms with Crippen LogP contribution in [0.25, 0.3) is 11.5 Å². The maximum Gasteiger partial charge on any atom is 0.247 e. The molecule has 1 aromatic heterocycles. The molecule has 0 saturated heterocycles. The lowest BCUT2D eigenvalue weighted by atomic mass is 9.89. The number of carbonyl (C=O) groups excluding carboxylic acids is 1. The number of nitrogens with zero attached hydrogens (tertiary/aromatic N) is 2. The van der Waals surface area contributed by atoms with Crippen LogP contribution in [-0.2, 0) is 11.3 Å². The van der Waals surface area contributed by atoms with Gasteiger partial charge in [-0.2, -0.15) is 0 Å². The predicted molar refractivity (Wildman–Crippen MR) is 84.7 cm³/mol. The summed E-state index contributed by atoms with van der Waals surface area (Å²) in [6.45, 7) is 0.276. The van der Waals surface area contributed by atoms with Gasteiger partial charge in [-0.25, -0.2) is 0 Å². The molecule has 0 spiro atoms.